The number of nitrogens with zero attached hydrogens (tertiary/aromatic N) is 1. The smallest absolute Gasteiger partial charge is 0.406 e. The standard InChI is InChI=1S/C16H16F3NO3S/c1-22-13-2-4-14(5-3-13)23-9-15(21)20(11-16(17,18)19)8-12-6-7-24-10-12/h2-7,10H,8-9,11H2,1H3. The van der Waals surface area contributed by atoms with E-state index in [-0.39, 0.29) is 6.54 Å². The molecule has 2 rings (SSSR count). The van der Waals surface area contributed by atoms with Crippen LogP contribution in [0.4, 0.5) is 13.2 Å². The molecule has 4 nitrogen and oxygen atoms in total. The minimum Gasteiger partial charge on any atom is -0.497 e. The van der Waals surface area contributed by atoms with Crippen LogP contribution < -0.4 is 9.47 Å². The zero-order valence-corrected chi connectivity index (χ0v) is 13.7. The summed E-state index contributed by atoms with van der Waals surface area (Å²) in [4.78, 5) is 12.9. The van der Waals surface area contributed by atoms with Crippen molar-refractivity contribution in [2.24, 2.45) is 0 Å². The molecule has 1 amide bonds. The van der Waals surface area contributed by atoms with Crippen LogP contribution in [-0.4, -0.2) is 37.2 Å². The van der Waals surface area contributed by atoms with E-state index >= 15 is 0 Å². The fourth-order valence-electron chi connectivity index (χ4n) is 1.96. The molecule has 0 bridgehead atoms. The van der Waals surface area contributed by atoms with Gasteiger partial charge in [-0.15, -0.1) is 0 Å². The number of amides is 1. The van der Waals surface area contributed by atoms with E-state index in [9.17, 15) is 18.0 Å². The number of hydrogen-bond donors (Lipinski definition) is 0. The van der Waals surface area contributed by atoms with E-state index in [1.54, 1.807) is 41.1 Å². The van der Waals surface area contributed by atoms with Crippen LogP contribution in [0.15, 0.2) is 41.1 Å². The van der Waals surface area contributed by atoms with Crippen molar-refractivity contribution in [1.82, 2.24) is 4.90 Å². The Bertz CT molecular complexity index is 642. The number of benzene rings is 1. The van der Waals surface area contributed by atoms with E-state index < -0.39 is 25.2 Å². The molecule has 0 unspecified atom stereocenters. The molecular weight excluding hydrogens is 343 g/mol. The molecule has 8 heteroatoms. The molecule has 0 fully saturated rings. The maximum atomic E-state index is 12.7. The molecule has 0 saturated heterocycles. The van der Waals surface area contributed by atoms with Gasteiger partial charge in [-0.1, -0.05) is 0 Å². The zero-order chi connectivity index (χ0) is 17.6. The van der Waals surface area contributed by atoms with E-state index in [1.807, 2.05) is 0 Å². The monoisotopic (exact) mass is 359 g/mol. The fraction of sp³-hybridized carbons (Fsp3) is 0.312. The van der Waals surface area contributed by atoms with Crippen LogP contribution in [0.3, 0.4) is 0 Å². The van der Waals surface area contributed by atoms with E-state index in [0.717, 1.165) is 4.90 Å². The first kappa shape index (κ1) is 18.1. The summed E-state index contributed by atoms with van der Waals surface area (Å²) < 4.78 is 48.3. The first-order valence-corrected chi connectivity index (χ1v) is 7.94. The highest BCUT2D eigenvalue weighted by Crippen LogP contribution is 2.20. The number of thiophene rings is 1. The van der Waals surface area contributed by atoms with Gasteiger partial charge in [-0.05, 0) is 46.7 Å². The Hall–Kier alpha value is -2.22. The average molecular weight is 359 g/mol. The number of hydrogen-bond acceptors (Lipinski definition) is 4. The van der Waals surface area contributed by atoms with E-state index in [0.29, 0.717) is 17.1 Å². The number of halogens is 3. The van der Waals surface area contributed by atoms with Gasteiger partial charge in [0, 0.05) is 6.54 Å². The molecular formula is C16H16F3NO3S. The highest BCUT2D eigenvalue weighted by Gasteiger charge is 2.33. The maximum absolute atomic E-state index is 12.7. The van der Waals surface area contributed by atoms with Crippen LogP contribution in [0.1, 0.15) is 5.56 Å². The van der Waals surface area contributed by atoms with Crippen LogP contribution in [-0.2, 0) is 11.3 Å². The second-order valence-electron chi connectivity index (χ2n) is 4.96. The first-order chi connectivity index (χ1) is 11.4. The molecule has 0 aliphatic carbocycles. The first-order valence-electron chi connectivity index (χ1n) is 7.00. The number of ether oxygens (including phenoxy) is 2. The zero-order valence-electron chi connectivity index (χ0n) is 12.9. The summed E-state index contributed by atoms with van der Waals surface area (Å²) in [6.07, 6.45) is -4.47. The summed E-state index contributed by atoms with van der Waals surface area (Å²) in [6, 6.07) is 8.13. The molecule has 0 radical (unpaired) electrons. The normalized spacial score (nSPS) is 11.2. The highest BCUT2D eigenvalue weighted by molar-refractivity contribution is 7.07. The minimum atomic E-state index is -4.47. The van der Waals surface area contributed by atoms with Gasteiger partial charge >= 0.3 is 6.18 Å². The van der Waals surface area contributed by atoms with Crippen LogP contribution >= 0.6 is 11.3 Å². The van der Waals surface area contributed by atoms with E-state index in [1.165, 1.54) is 18.4 Å². The number of rotatable bonds is 7. The topological polar surface area (TPSA) is 38.8 Å². The summed E-state index contributed by atoms with van der Waals surface area (Å²) in [5.74, 6) is 0.269. The van der Waals surface area contributed by atoms with E-state index in [4.69, 9.17) is 9.47 Å². The van der Waals surface area contributed by atoms with Gasteiger partial charge in [-0.2, -0.15) is 24.5 Å². The molecule has 2 aromatic rings. The van der Waals surface area contributed by atoms with Gasteiger partial charge in [0.2, 0.25) is 0 Å². The van der Waals surface area contributed by atoms with Crippen LogP contribution in [0, 0.1) is 0 Å². The van der Waals surface area contributed by atoms with Crippen molar-refractivity contribution in [1.29, 1.82) is 0 Å². The molecule has 1 heterocycles. The summed E-state index contributed by atoms with van der Waals surface area (Å²) in [7, 11) is 1.51. The second kappa shape index (κ2) is 8.05. The van der Waals surface area contributed by atoms with Gasteiger partial charge in [-0.3, -0.25) is 4.79 Å². The van der Waals surface area contributed by atoms with Gasteiger partial charge < -0.3 is 14.4 Å². The lowest BCUT2D eigenvalue weighted by molar-refractivity contribution is -0.163. The third-order valence-corrected chi connectivity index (χ3v) is 3.83. The van der Waals surface area contributed by atoms with Gasteiger partial charge in [-0.25, -0.2) is 0 Å². The quantitative estimate of drug-likeness (QED) is 0.756. The molecule has 1 aromatic heterocycles. The third kappa shape index (κ3) is 5.77. The fourth-order valence-corrected chi connectivity index (χ4v) is 2.62. The Balaban J connectivity index is 1.97. The molecule has 130 valence electrons. The number of carbonyl (C=O) groups excluding carboxylic acids is 1. The lowest BCUT2D eigenvalue weighted by Crippen LogP contribution is -2.40. The van der Waals surface area contributed by atoms with Crippen molar-refractivity contribution in [2.45, 2.75) is 12.7 Å². The Morgan fingerprint density at radius 3 is 2.38 bits per heavy atom. The third-order valence-electron chi connectivity index (χ3n) is 3.10. The van der Waals surface area contributed by atoms with Crippen molar-refractivity contribution < 1.29 is 27.4 Å². The predicted octanol–water partition coefficient (Wildman–Crippen LogP) is 3.73. The molecule has 0 aliphatic rings. The molecule has 0 spiro atoms. The molecule has 0 N–H and O–H groups in total. The Morgan fingerprint density at radius 2 is 1.83 bits per heavy atom. The average Bonchev–Trinajstić information content (AvgIpc) is 3.04. The summed E-state index contributed by atoms with van der Waals surface area (Å²) in [5.41, 5.74) is 0.655. The van der Waals surface area contributed by atoms with Crippen molar-refractivity contribution in [3.8, 4) is 11.5 Å². The molecule has 0 saturated carbocycles. The highest BCUT2D eigenvalue weighted by atomic mass is 32.1. The van der Waals surface area contributed by atoms with Crippen LogP contribution in [0.2, 0.25) is 0 Å². The number of alkyl halides is 3. The summed E-state index contributed by atoms with van der Waals surface area (Å²) in [5, 5.41) is 3.46. The van der Waals surface area contributed by atoms with Gasteiger partial charge in [0.15, 0.2) is 6.61 Å². The van der Waals surface area contributed by atoms with Gasteiger partial charge in [0.05, 0.1) is 7.11 Å². The second-order valence-corrected chi connectivity index (χ2v) is 5.74. The number of carbonyl (C=O) groups is 1. The van der Waals surface area contributed by atoms with Crippen molar-refractivity contribution >= 4 is 17.2 Å². The van der Waals surface area contributed by atoms with Crippen molar-refractivity contribution in [2.75, 3.05) is 20.3 Å². The largest absolute Gasteiger partial charge is 0.497 e. The number of methoxy groups -OCH3 is 1. The van der Waals surface area contributed by atoms with Gasteiger partial charge in [0.1, 0.15) is 18.0 Å². The summed E-state index contributed by atoms with van der Waals surface area (Å²) in [6.45, 7) is -1.88. The van der Waals surface area contributed by atoms with E-state index in [2.05, 4.69) is 0 Å². The molecule has 24 heavy (non-hydrogen) atoms. The minimum absolute atomic E-state index is 0.103. The SMILES string of the molecule is COc1ccc(OCC(=O)N(Cc2ccsc2)CC(F)(F)F)cc1. The van der Waals surface area contributed by atoms with Crippen molar-refractivity contribution in [3.63, 3.8) is 0 Å². The van der Waals surface area contributed by atoms with Crippen LogP contribution in [0.5, 0.6) is 11.5 Å². The molecule has 1 aromatic carbocycles. The van der Waals surface area contributed by atoms with Gasteiger partial charge in [0.25, 0.3) is 5.91 Å². The Kier molecular flexibility index (Phi) is 6.08. The Labute approximate surface area is 141 Å². The Morgan fingerprint density at radius 1 is 1.17 bits per heavy atom. The maximum Gasteiger partial charge on any atom is 0.406 e. The lowest BCUT2D eigenvalue weighted by atomic mass is 10.3. The predicted molar refractivity (Wildman–Crippen MR) is 84.3 cm³/mol. The molecule has 0 atom stereocenters. The molecule has 0 aliphatic heterocycles. The van der Waals surface area contributed by atoms with Crippen molar-refractivity contribution in [3.05, 3.63) is 46.7 Å². The lowest BCUT2D eigenvalue weighted by Gasteiger charge is -2.23. The van der Waals surface area contributed by atoms with Crippen LogP contribution in [0.25, 0.3) is 0 Å². The summed E-state index contributed by atoms with van der Waals surface area (Å²) >= 11 is 1.36.